The Hall–Kier alpha value is -4.53. The number of anilines is 4. The van der Waals surface area contributed by atoms with Crippen molar-refractivity contribution in [2.75, 3.05) is 49.7 Å². The number of carbonyl (C=O) groups is 2. The zero-order valence-electron chi connectivity index (χ0n) is 26.0. The normalized spacial score (nSPS) is 14.3. The van der Waals surface area contributed by atoms with Crippen LogP contribution in [-0.4, -0.2) is 78.2 Å². The molecule has 1 aromatic carbocycles. The minimum Gasteiger partial charge on any atom is -0.481 e. The van der Waals surface area contributed by atoms with Crippen LogP contribution in [0, 0.1) is 17.3 Å². The maximum Gasteiger partial charge on any atom is 0.410 e. The Morgan fingerprint density at radius 1 is 1.23 bits per heavy atom. The van der Waals surface area contributed by atoms with Gasteiger partial charge >= 0.3 is 6.09 Å². The first-order chi connectivity index (χ1) is 20.6. The van der Waals surface area contributed by atoms with Gasteiger partial charge in [-0.1, -0.05) is 18.8 Å². The van der Waals surface area contributed by atoms with Crippen molar-refractivity contribution in [1.82, 2.24) is 20.2 Å². The van der Waals surface area contributed by atoms with E-state index in [4.69, 9.17) is 14.9 Å². The van der Waals surface area contributed by atoms with Gasteiger partial charge in [0.05, 0.1) is 24.4 Å². The van der Waals surface area contributed by atoms with Crippen molar-refractivity contribution in [2.45, 2.75) is 71.4 Å². The Morgan fingerprint density at radius 3 is 2.72 bits per heavy atom. The van der Waals surface area contributed by atoms with Gasteiger partial charge in [-0.25, -0.2) is 9.78 Å². The summed E-state index contributed by atoms with van der Waals surface area (Å²) in [6.07, 6.45) is 4.80. The molecule has 0 saturated carbocycles. The molecule has 1 atom stereocenters. The third kappa shape index (κ3) is 9.77. The summed E-state index contributed by atoms with van der Waals surface area (Å²) in [6, 6.07) is 4.99. The third-order valence-corrected chi connectivity index (χ3v) is 6.51. The molecule has 0 bridgehead atoms. The van der Waals surface area contributed by atoms with Gasteiger partial charge in [0.1, 0.15) is 17.5 Å². The SMILES string of the molecule is CCCNc1nc(Nc2ccc(C(=N)OC)c(NC)c2)ncc1C#CCCCNC(=O)C1CCCN1C(=O)OC(C)(C)C. The molecule has 1 aromatic heterocycles. The monoisotopic (exact) mass is 592 g/mol. The first-order valence-electron chi connectivity index (χ1n) is 14.6. The highest BCUT2D eigenvalue weighted by Crippen LogP contribution is 2.24. The van der Waals surface area contributed by atoms with Gasteiger partial charge in [0.25, 0.3) is 0 Å². The molecule has 5 N–H and O–H groups in total. The fraction of sp³-hybridized carbons (Fsp3) is 0.516. The Morgan fingerprint density at radius 2 is 2.02 bits per heavy atom. The summed E-state index contributed by atoms with van der Waals surface area (Å²) in [6.45, 7) is 9.23. The van der Waals surface area contributed by atoms with Gasteiger partial charge in [-0.15, -0.1) is 0 Å². The van der Waals surface area contributed by atoms with Gasteiger partial charge in [-0.05, 0) is 64.7 Å². The zero-order valence-corrected chi connectivity index (χ0v) is 26.0. The molecule has 12 nitrogen and oxygen atoms in total. The van der Waals surface area contributed by atoms with Crippen LogP contribution in [0.3, 0.4) is 0 Å². The summed E-state index contributed by atoms with van der Waals surface area (Å²) in [5.74, 6) is 7.26. The predicted octanol–water partition coefficient (Wildman–Crippen LogP) is 4.70. The van der Waals surface area contributed by atoms with Gasteiger partial charge < -0.3 is 30.7 Å². The molecule has 0 aliphatic carbocycles. The summed E-state index contributed by atoms with van der Waals surface area (Å²) < 4.78 is 10.5. The highest BCUT2D eigenvalue weighted by atomic mass is 16.6. The molecule has 2 amide bonds. The van der Waals surface area contributed by atoms with Crippen LogP contribution in [0.2, 0.25) is 0 Å². The molecule has 1 aliphatic heterocycles. The molecule has 43 heavy (non-hydrogen) atoms. The lowest BCUT2D eigenvalue weighted by atomic mass is 10.1. The second kappa shape index (κ2) is 15.6. The van der Waals surface area contributed by atoms with Crippen molar-refractivity contribution < 1.29 is 19.1 Å². The number of aromatic nitrogens is 2. The molecule has 0 spiro atoms. The number of rotatable bonds is 11. The molecule has 1 fully saturated rings. The number of methoxy groups -OCH3 is 1. The molecule has 3 rings (SSSR count). The molecule has 1 aliphatic rings. The fourth-order valence-electron chi connectivity index (χ4n) is 4.42. The van der Waals surface area contributed by atoms with Crippen LogP contribution in [0.15, 0.2) is 24.4 Å². The maximum atomic E-state index is 12.7. The van der Waals surface area contributed by atoms with E-state index in [1.165, 1.54) is 12.0 Å². The van der Waals surface area contributed by atoms with E-state index < -0.39 is 17.7 Å². The van der Waals surface area contributed by atoms with Crippen molar-refractivity contribution in [1.29, 1.82) is 5.41 Å². The Labute approximate surface area is 254 Å². The Kier molecular flexibility index (Phi) is 12.0. The van der Waals surface area contributed by atoms with Crippen molar-refractivity contribution in [3.05, 3.63) is 35.5 Å². The highest BCUT2D eigenvalue weighted by Gasteiger charge is 2.36. The fourth-order valence-corrected chi connectivity index (χ4v) is 4.42. The van der Waals surface area contributed by atoms with E-state index in [1.54, 1.807) is 19.3 Å². The minimum atomic E-state index is -0.605. The lowest BCUT2D eigenvalue weighted by Gasteiger charge is -2.28. The number of nitrogens with one attached hydrogen (secondary N) is 5. The zero-order chi connectivity index (χ0) is 31.4. The van der Waals surface area contributed by atoms with Crippen LogP contribution < -0.4 is 21.3 Å². The smallest absolute Gasteiger partial charge is 0.410 e. The van der Waals surface area contributed by atoms with Gasteiger partial charge in [0.15, 0.2) is 0 Å². The number of nitrogens with zero attached hydrogens (tertiary/aromatic N) is 3. The molecule has 2 aromatic rings. The molecule has 1 saturated heterocycles. The van der Waals surface area contributed by atoms with Crippen LogP contribution in [0.4, 0.5) is 27.9 Å². The van der Waals surface area contributed by atoms with Crippen molar-refractivity contribution >= 4 is 41.0 Å². The standard InChI is InChI=1S/C31H44N8O4/c1-7-16-34-27-21(20-36-29(38-27)37-22-14-15-23(26(32)42-6)24(19-22)33-5)12-9-8-10-17-35-28(40)25-13-11-18-39(25)30(41)43-31(2,3)4/h14-15,19-20,25,32-33H,7-8,10-11,13,16-18H2,1-6H3,(H,35,40)(H2,34,36,37,38). The number of hydrogen-bond donors (Lipinski definition) is 5. The maximum absolute atomic E-state index is 12.7. The molecule has 232 valence electrons. The average Bonchev–Trinajstić information content (AvgIpc) is 3.48. The lowest BCUT2D eigenvalue weighted by molar-refractivity contribution is -0.125. The number of unbranched alkanes of at least 4 members (excludes halogenated alkanes) is 1. The summed E-state index contributed by atoms with van der Waals surface area (Å²) in [5, 5.41) is 20.5. The topological polar surface area (TPSA) is 154 Å². The predicted molar refractivity (Wildman–Crippen MR) is 169 cm³/mol. The highest BCUT2D eigenvalue weighted by molar-refractivity contribution is 5.98. The number of ether oxygens (including phenoxy) is 2. The van der Waals surface area contributed by atoms with Crippen LogP contribution in [0.25, 0.3) is 0 Å². The molecule has 2 heterocycles. The summed E-state index contributed by atoms with van der Waals surface area (Å²) in [7, 11) is 3.25. The van der Waals surface area contributed by atoms with Crippen LogP contribution >= 0.6 is 0 Å². The third-order valence-electron chi connectivity index (χ3n) is 6.51. The molecule has 12 heteroatoms. The first-order valence-corrected chi connectivity index (χ1v) is 14.6. The largest absolute Gasteiger partial charge is 0.481 e. The van der Waals surface area contributed by atoms with E-state index >= 15 is 0 Å². The van der Waals surface area contributed by atoms with E-state index in [9.17, 15) is 9.59 Å². The number of likely N-dealkylation sites (tertiary alicyclic amines) is 1. The van der Waals surface area contributed by atoms with E-state index in [2.05, 4.69) is 50.0 Å². The Bertz CT molecular complexity index is 1350. The van der Waals surface area contributed by atoms with Gasteiger partial charge in [0, 0.05) is 44.5 Å². The van der Waals surface area contributed by atoms with E-state index in [-0.39, 0.29) is 11.8 Å². The number of hydrogen-bond acceptors (Lipinski definition) is 10. The lowest BCUT2D eigenvalue weighted by Crippen LogP contribution is -2.47. The quantitative estimate of drug-likeness (QED) is 0.108. The van der Waals surface area contributed by atoms with Gasteiger partial charge in [0.2, 0.25) is 17.8 Å². The average molecular weight is 593 g/mol. The summed E-state index contributed by atoms with van der Waals surface area (Å²) >= 11 is 0. The van der Waals surface area contributed by atoms with E-state index in [1.807, 2.05) is 32.9 Å². The summed E-state index contributed by atoms with van der Waals surface area (Å²) in [4.78, 5) is 35.8. The van der Waals surface area contributed by atoms with Gasteiger partial charge in [-0.2, -0.15) is 4.98 Å². The first kappa shape index (κ1) is 33.0. The van der Waals surface area contributed by atoms with Crippen molar-refractivity contribution in [3.8, 4) is 11.8 Å². The van der Waals surface area contributed by atoms with Crippen molar-refractivity contribution in [2.24, 2.45) is 0 Å². The Balaban J connectivity index is 1.57. The molecule has 0 radical (unpaired) electrons. The second-order valence-corrected chi connectivity index (χ2v) is 11.1. The van der Waals surface area contributed by atoms with E-state index in [0.717, 1.165) is 30.8 Å². The molecular formula is C31H44N8O4. The van der Waals surface area contributed by atoms with Gasteiger partial charge in [-0.3, -0.25) is 15.1 Å². The number of amides is 2. The van der Waals surface area contributed by atoms with E-state index in [0.29, 0.717) is 55.2 Å². The number of carbonyl (C=O) groups excluding carboxylic acids is 2. The minimum absolute atomic E-state index is 0.0714. The van der Waals surface area contributed by atoms with Crippen LogP contribution in [0.5, 0.6) is 0 Å². The summed E-state index contributed by atoms with van der Waals surface area (Å²) in [5.41, 5.74) is 2.22. The second-order valence-electron chi connectivity index (χ2n) is 11.1. The van der Waals surface area contributed by atoms with Crippen molar-refractivity contribution in [3.63, 3.8) is 0 Å². The van der Waals surface area contributed by atoms with Crippen LogP contribution in [0.1, 0.15) is 70.9 Å². The molecule has 1 unspecified atom stereocenters. The molecular weight excluding hydrogens is 548 g/mol. The number of benzene rings is 1. The van der Waals surface area contributed by atoms with Crippen LogP contribution in [-0.2, 0) is 14.3 Å².